The molecule has 1 fully saturated rings. The Bertz CT molecular complexity index is 1310. The Hall–Kier alpha value is -2.87. The van der Waals surface area contributed by atoms with Crippen molar-refractivity contribution in [3.63, 3.8) is 0 Å². The lowest BCUT2D eigenvalue weighted by atomic mass is 9.82. The lowest BCUT2D eigenvalue weighted by Gasteiger charge is -2.51. The van der Waals surface area contributed by atoms with E-state index in [1.165, 1.54) is 0 Å². The van der Waals surface area contributed by atoms with Crippen molar-refractivity contribution in [3.05, 3.63) is 87.4 Å². The van der Waals surface area contributed by atoms with Crippen LogP contribution in [0.3, 0.4) is 0 Å². The number of carbonyl (C=O) groups excluding carboxylic acids is 2. The monoisotopic (exact) mass is 598 g/mol. The van der Waals surface area contributed by atoms with E-state index >= 15 is 0 Å². The summed E-state index contributed by atoms with van der Waals surface area (Å²) < 4.78 is 6.46. The maximum absolute atomic E-state index is 14.0. The van der Waals surface area contributed by atoms with Crippen molar-refractivity contribution in [2.24, 2.45) is 0 Å². The number of aromatic nitrogens is 2. The number of imidazole rings is 1. The van der Waals surface area contributed by atoms with Crippen LogP contribution in [-0.2, 0) is 26.3 Å². The first-order chi connectivity index (χ1) is 19.8. The standard InChI is InChI=1S/C32H40Cl2N4O3/c1-4-6-14-41-32(26-11-8-7-10-22(26)3)19-38(20-32)31(40)28(15-23-12-13-25(33)17-27(23)34)37-30(39)16-24(9-5-2)29-18-35-21-36-29/h7-8,10-13,17-18,21,24,28H,4-6,9,14-16,19-20H2,1-3H3,(H,35,36)(H,37,39)/t24?,28-/m1/s1. The highest BCUT2D eigenvalue weighted by Crippen LogP contribution is 2.38. The summed E-state index contributed by atoms with van der Waals surface area (Å²) >= 11 is 12.6. The second kappa shape index (κ2) is 14.3. The van der Waals surface area contributed by atoms with Crippen LogP contribution in [0.25, 0.3) is 0 Å². The molecular weight excluding hydrogens is 559 g/mol. The number of halogens is 2. The predicted molar refractivity (Wildman–Crippen MR) is 163 cm³/mol. The van der Waals surface area contributed by atoms with Crippen molar-refractivity contribution in [1.82, 2.24) is 20.2 Å². The largest absolute Gasteiger partial charge is 0.367 e. The van der Waals surface area contributed by atoms with Gasteiger partial charge < -0.3 is 19.9 Å². The van der Waals surface area contributed by atoms with Gasteiger partial charge in [0.2, 0.25) is 11.8 Å². The van der Waals surface area contributed by atoms with Crippen LogP contribution in [0.1, 0.15) is 74.3 Å². The second-order valence-corrected chi connectivity index (χ2v) is 11.8. The van der Waals surface area contributed by atoms with E-state index in [1.54, 1.807) is 23.4 Å². The Morgan fingerprint density at radius 1 is 1.15 bits per heavy atom. The van der Waals surface area contributed by atoms with Gasteiger partial charge in [0.25, 0.3) is 0 Å². The Kier molecular flexibility index (Phi) is 10.9. The van der Waals surface area contributed by atoms with E-state index in [1.807, 2.05) is 24.4 Å². The third-order valence-electron chi connectivity index (χ3n) is 7.80. The van der Waals surface area contributed by atoms with Crippen LogP contribution in [0.15, 0.2) is 55.0 Å². The van der Waals surface area contributed by atoms with Gasteiger partial charge in [-0.2, -0.15) is 0 Å². The molecule has 9 heteroatoms. The van der Waals surface area contributed by atoms with Crippen LogP contribution in [-0.4, -0.2) is 52.4 Å². The predicted octanol–water partition coefficient (Wildman–Crippen LogP) is 6.58. The molecule has 7 nitrogen and oxygen atoms in total. The highest BCUT2D eigenvalue weighted by molar-refractivity contribution is 6.35. The molecule has 4 rings (SSSR count). The lowest BCUT2D eigenvalue weighted by molar-refractivity contribution is -0.175. The van der Waals surface area contributed by atoms with Crippen molar-refractivity contribution in [3.8, 4) is 0 Å². The van der Waals surface area contributed by atoms with Crippen LogP contribution < -0.4 is 5.32 Å². The number of hydrogen-bond donors (Lipinski definition) is 2. The van der Waals surface area contributed by atoms with E-state index in [0.29, 0.717) is 29.7 Å². The molecule has 220 valence electrons. The summed E-state index contributed by atoms with van der Waals surface area (Å²) in [6, 6.07) is 12.6. The number of likely N-dealkylation sites (tertiary alicyclic amines) is 1. The molecule has 3 aromatic rings. The molecule has 2 amide bonds. The highest BCUT2D eigenvalue weighted by Gasteiger charge is 2.49. The number of ether oxygens (including phenoxy) is 1. The SMILES string of the molecule is CCCCOC1(c2ccccc2C)CN(C(=O)[C@@H](Cc2ccc(Cl)cc2Cl)NC(=O)CC(CCC)c2c[nH]cn2)C1. The summed E-state index contributed by atoms with van der Waals surface area (Å²) in [7, 11) is 0. The fraction of sp³-hybridized carbons (Fsp3) is 0.469. The highest BCUT2D eigenvalue weighted by atomic mass is 35.5. The maximum atomic E-state index is 14.0. The summed E-state index contributed by atoms with van der Waals surface area (Å²) in [6.45, 7) is 7.76. The van der Waals surface area contributed by atoms with Crippen LogP contribution in [0.5, 0.6) is 0 Å². The van der Waals surface area contributed by atoms with Gasteiger partial charge in [0, 0.05) is 41.6 Å². The maximum Gasteiger partial charge on any atom is 0.245 e. The van der Waals surface area contributed by atoms with Crippen molar-refractivity contribution >= 4 is 35.0 Å². The fourth-order valence-corrected chi connectivity index (χ4v) is 6.05. The summed E-state index contributed by atoms with van der Waals surface area (Å²) in [5.74, 6) is -0.384. The molecule has 2 N–H and O–H groups in total. The molecule has 1 saturated heterocycles. The van der Waals surface area contributed by atoms with Gasteiger partial charge in [-0.15, -0.1) is 0 Å². The minimum absolute atomic E-state index is 0.0363. The molecule has 1 aromatic heterocycles. The Labute approximate surface area is 253 Å². The Morgan fingerprint density at radius 2 is 1.93 bits per heavy atom. The van der Waals surface area contributed by atoms with Gasteiger partial charge in [0.1, 0.15) is 11.6 Å². The molecule has 1 aliphatic rings. The summed E-state index contributed by atoms with van der Waals surface area (Å²) in [4.78, 5) is 36.5. The van der Waals surface area contributed by atoms with E-state index in [0.717, 1.165) is 48.1 Å². The molecule has 41 heavy (non-hydrogen) atoms. The summed E-state index contributed by atoms with van der Waals surface area (Å²) in [6.07, 6.45) is 7.66. The summed E-state index contributed by atoms with van der Waals surface area (Å²) in [5, 5.41) is 4.02. The molecule has 0 bridgehead atoms. The zero-order chi connectivity index (χ0) is 29.4. The fourth-order valence-electron chi connectivity index (χ4n) is 5.56. The second-order valence-electron chi connectivity index (χ2n) is 10.9. The number of H-pyrrole nitrogens is 1. The molecule has 0 aliphatic carbocycles. The number of unbranched alkanes of at least 4 members (excludes halogenated alkanes) is 1. The number of hydrogen-bond acceptors (Lipinski definition) is 4. The first-order valence-electron chi connectivity index (χ1n) is 14.5. The number of nitrogens with zero attached hydrogens (tertiary/aromatic N) is 2. The van der Waals surface area contributed by atoms with Gasteiger partial charge in [0.15, 0.2) is 0 Å². The van der Waals surface area contributed by atoms with Crippen LogP contribution >= 0.6 is 23.2 Å². The van der Waals surface area contributed by atoms with Crippen molar-refractivity contribution in [2.45, 2.75) is 76.9 Å². The van der Waals surface area contributed by atoms with Crippen LogP contribution in [0, 0.1) is 6.92 Å². The topological polar surface area (TPSA) is 87.3 Å². The average Bonchev–Trinajstić information content (AvgIpc) is 3.46. The van der Waals surface area contributed by atoms with E-state index in [9.17, 15) is 9.59 Å². The third-order valence-corrected chi connectivity index (χ3v) is 8.38. The average molecular weight is 600 g/mol. The first-order valence-corrected chi connectivity index (χ1v) is 15.2. The normalized spacial score (nSPS) is 15.7. The number of rotatable bonds is 14. The van der Waals surface area contributed by atoms with E-state index in [-0.39, 0.29) is 30.6 Å². The van der Waals surface area contributed by atoms with E-state index in [2.05, 4.69) is 48.2 Å². The van der Waals surface area contributed by atoms with E-state index in [4.69, 9.17) is 27.9 Å². The Morgan fingerprint density at radius 3 is 2.59 bits per heavy atom. The minimum atomic E-state index is -0.784. The smallest absolute Gasteiger partial charge is 0.245 e. The number of benzene rings is 2. The molecule has 1 aliphatic heterocycles. The van der Waals surface area contributed by atoms with Gasteiger partial charge >= 0.3 is 0 Å². The van der Waals surface area contributed by atoms with Crippen molar-refractivity contribution < 1.29 is 14.3 Å². The number of aryl methyl sites for hydroxylation is 1. The lowest BCUT2D eigenvalue weighted by Crippen LogP contribution is -2.66. The molecule has 0 saturated carbocycles. The van der Waals surface area contributed by atoms with E-state index < -0.39 is 11.6 Å². The molecule has 2 atom stereocenters. The quantitative estimate of drug-likeness (QED) is 0.205. The van der Waals surface area contributed by atoms with Gasteiger partial charge in [-0.25, -0.2) is 4.98 Å². The molecule has 2 aromatic carbocycles. The number of aromatic amines is 1. The number of nitrogens with one attached hydrogen (secondary N) is 2. The zero-order valence-corrected chi connectivity index (χ0v) is 25.6. The molecule has 2 heterocycles. The van der Waals surface area contributed by atoms with Crippen LogP contribution in [0.4, 0.5) is 0 Å². The molecular formula is C32H40Cl2N4O3. The molecule has 0 spiro atoms. The zero-order valence-electron chi connectivity index (χ0n) is 24.1. The molecule has 0 radical (unpaired) electrons. The first kappa shape index (κ1) is 31.1. The van der Waals surface area contributed by atoms with Gasteiger partial charge in [-0.1, -0.05) is 80.2 Å². The third kappa shape index (κ3) is 7.70. The van der Waals surface area contributed by atoms with Gasteiger partial charge in [-0.3, -0.25) is 9.59 Å². The molecule has 1 unspecified atom stereocenters. The van der Waals surface area contributed by atoms with Crippen molar-refractivity contribution in [1.29, 1.82) is 0 Å². The van der Waals surface area contributed by atoms with Crippen LogP contribution in [0.2, 0.25) is 10.0 Å². The summed E-state index contributed by atoms with van der Waals surface area (Å²) in [5.41, 5.74) is 3.27. The van der Waals surface area contributed by atoms with Gasteiger partial charge in [0.05, 0.1) is 25.1 Å². The van der Waals surface area contributed by atoms with Gasteiger partial charge in [-0.05, 0) is 48.6 Å². The number of amides is 2. The van der Waals surface area contributed by atoms with Crippen molar-refractivity contribution in [2.75, 3.05) is 19.7 Å². The minimum Gasteiger partial charge on any atom is -0.367 e. The number of carbonyl (C=O) groups is 2. The Balaban J connectivity index is 1.54.